The molecule has 10 rings (SSSR count). The van der Waals surface area contributed by atoms with Crippen LogP contribution in [0.5, 0.6) is 0 Å². The number of aromatic nitrogens is 4. The van der Waals surface area contributed by atoms with E-state index in [1.54, 1.807) is 9.80 Å². The van der Waals surface area contributed by atoms with Gasteiger partial charge in [-0.05, 0) is 130 Å². The fourth-order valence-electron chi connectivity index (χ4n) is 11.5. The SMILES string of the molecule is O=C(O)N1CCC(n2c(=O)[nH]c3ccccc32)CC1CCCN(CCCc1ccccc1)Cc1ccccc1.O=C(O)N1CCC(n2c(=O)[nH]c3ccccc32)C[C@@H]1CCN(Cc1ccccc1)Cc1cccc(Cl)c1. The first-order chi connectivity index (χ1) is 37.1. The van der Waals surface area contributed by atoms with Gasteiger partial charge in [0.05, 0.1) is 22.1 Å². The van der Waals surface area contributed by atoms with Crippen LogP contribution in [0.1, 0.15) is 85.7 Å². The van der Waals surface area contributed by atoms with Crippen molar-refractivity contribution in [3.05, 3.63) is 212 Å². The number of rotatable bonds is 19. The number of piperidine rings is 2. The summed E-state index contributed by atoms with van der Waals surface area (Å²) in [6, 6.07) is 54.3. The first-order valence-corrected chi connectivity index (χ1v) is 27.1. The molecule has 0 aliphatic carbocycles. The topological polar surface area (TPSA) is 163 Å². The van der Waals surface area contributed by atoms with Crippen LogP contribution in [0.15, 0.2) is 173 Å². The van der Waals surface area contributed by atoms with Gasteiger partial charge in [-0.2, -0.15) is 0 Å². The highest BCUT2D eigenvalue weighted by molar-refractivity contribution is 6.30. The van der Waals surface area contributed by atoms with Crippen LogP contribution in [0.2, 0.25) is 5.02 Å². The molecular formula is C61H69ClN8O6. The van der Waals surface area contributed by atoms with Crippen LogP contribution >= 0.6 is 11.6 Å². The second-order valence-corrected chi connectivity index (χ2v) is 20.8. The molecule has 396 valence electrons. The van der Waals surface area contributed by atoms with Crippen molar-refractivity contribution in [3.63, 3.8) is 0 Å². The molecule has 0 radical (unpaired) electrons. The first kappa shape index (κ1) is 53.4. The number of nitrogens with zero attached hydrogens (tertiary/aromatic N) is 6. The van der Waals surface area contributed by atoms with Crippen molar-refractivity contribution in [2.24, 2.45) is 0 Å². The predicted octanol–water partition coefficient (Wildman–Crippen LogP) is 11.7. The molecule has 2 aromatic heterocycles. The van der Waals surface area contributed by atoms with Gasteiger partial charge in [-0.1, -0.05) is 139 Å². The van der Waals surface area contributed by atoms with E-state index in [1.807, 2.05) is 100 Å². The number of likely N-dealkylation sites (tertiary alicyclic amines) is 2. The van der Waals surface area contributed by atoms with Gasteiger partial charge in [0.25, 0.3) is 0 Å². The van der Waals surface area contributed by atoms with Crippen molar-refractivity contribution >= 4 is 45.9 Å². The van der Waals surface area contributed by atoms with Gasteiger partial charge in [-0.15, -0.1) is 0 Å². The number of hydrogen-bond donors (Lipinski definition) is 4. The normalized spacial score (nSPS) is 17.8. The van der Waals surface area contributed by atoms with E-state index in [9.17, 15) is 29.4 Å². The van der Waals surface area contributed by atoms with Crippen LogP contribution in [0.4, 0.5) is 9.59 Å². The molecule has 6 aromatic carbocycles. The minimum absolute atomic E-state index is 0.0134. The van der Waals surface area contributed by atoms with E-state index in [1.165, 1.54) is 16.7 Å². The Hall–Kier alpha value is -7.39. The quantitative estimate of drug-likeness (QED) is 0.0622. The molecule has 4 atom stereocenters. The van der Waals surface area contributed by atoms with Gasteiger partial charge in [0.15, 0.2) is 0 Å². The van der Waals surface area contributed by atoms with Crippen LogP contribution in [-0.4, -0.2) is 106 Å². The third kappa shape index (κ3) is 13.9. The summed E-state index contributed by atoms with van der Waals surface area (Å²) in [6.45, 7) is 5.81. The van der Waals surface area contributed by atoms with Gasteiger partial charge >= 0.3 is 23.6 Å². The number of aryl methyl sites for hydroxylation is 1. The van der Waals surface area contributed by atoms with E-state index in [-0.39, 0.29) is 35.5 Å². The molecule has 0 spiro atoms. The Kier molecular flexibility index (Phi) is 18.2. The van der Waals surface area contributed by atoms with Gasteiger partial charge in [-0.25, -0.2) is 19.2 Å². The molecule has 2 amide bonds. The van der Waals surface area contributed by atoms with E-state index in [4.69, 9.17) is 11.6 Å². The lowest BCUT2D eigenvalue weighted by atomic mass is 9.93. The average Bonchev–Trinajstić information content (AvgIpc) is 3.98. The summed E-state index contributed by atoms with van der Waals surface area (Å²) in [5.74, 6) is 0. The first-order valence-electron chi connectivity index (χ1n) is 26.7. The number of H-pyrrole nitrogens is 2. The largest absolute Gasteiger partial charge is 0.465 e. The maximum atomic E-state index is 12.8. The number of fused-ring (bicyclic) bond motifs is 2. The Balaban J connectivity index is 0.000000186. The number of para-hydroxylation sites is 4. The molecule has 0 bridgehead atoms. The zero-order valence-electron chi connectivity index (χ0n) is 43.0. The Morgan fingerprint density at radius 2 is 0.961 bits per heavy atom. The maximum absolute atomic E-state index is 12.8. The molecule has 3 unspecified atom stereocenters. The third-order valence-electron chi connectivity index (χ3n) is 15.2. The zero-order valence-corrected chi connectivity index (χ0v) is 43.8. The molecule has 0 saturated carbocycles. The lowest BCUT2D eigenvalue weighted by Crippen LogP contribution is -2.48. The molecule has 8 aromatic rings. The number of halogens is 1. The molecule has 4 heterocycles. The van der Waals surface area contributed by atoms with Crippen molar-refractivity contribution in [1.82, 2.24) is 38.7 Å². The van der Waals surface area contributed by atoms with Crippen LogP contribution in [0, 0.1) is 0 Å². The number of benzene rings is 6. The van der Waals surface area contributed by atoms with E-state index >= 15 is 0 Å². The number of hydrogen-bond acceptors (Lipinski definition) is 6. The summed E-state index contributed by atoms with van der Waals surface area (Å²) < 4.78 is 3.65. The fraction of sp³-hybridized carbons (Fsp3) is 0.344. The van der Waals surface area contributed by atoms with Crippen LogP contribution in [0.25, 0.3) is 22.1 Å². The van der Waals surface area contributed by atoms with Gasteiger partial charge in [0.1, 0.15) is 0 Å². The lowest BCUT2D eigenvalue weighted by Gasteiger charge is -2.39. The van der Waals surface area contributed by atoms with Gasteiger partial charge in [-0.3, -0.25) is 18.9 Å². The number of carbonyl (C=O) groups is 2. The van der Waals surface area contributed by atoms with Crippen molar-refractivity contribution in [2.45, 2.75) is 102 Å². The summed E-state index contributed by atoms with van der Waals surface area (Å²) in [5.41, 5.74) is 8.10. The molecule has 4 N–H and O–H groups in total. The molecule has 2 saturated heterocycles. The van der Waals surface area contributed by atoms with Crippen molar-refractivity contribution in [1.29, 1.82) is 0 Å². The maximum Gasteiger partial charge on any atom is 0.407 e. The van der Waals surface area contributed by atoms with Crippen molar-refractivity contribution in [2.75, 3.05) is 32.7 Å². The highest BCUT2D eigenvalue weighted by Crippen LogP contribution is 2.33. The lowest BCUT2D eigenvalue weighted by molar-refractivity contribution is 0.0811. The molecule has 2 aliphatic rings. The summed E-state index contributed by atoms with van der Waals surface area (Å²) >= 11 is 6.24. The van der Waals surface area contributed by atoms with E-state index < -0.39 is 12.2 Å². The molecule has 2 aliphatic heterocycles. The predicted molar refractivity (Wildman–Crippen MR) is 301 cm³/mol. The van der Waals surface area contributed by atoms with E-state index in [0.717, 1.165) is 79.5 Å². The number of carboxylic acid groups (broad SMARTS) is 2. The van der Waals surface area contributed by atoms with Crippen molar-refractivity contribution < 1.29 is 19.8 Å². The highest BCUT2D eigenvalue weighted by atomic mass is 35.5. The smallest absolute Gasteiger partial charge is 0.407 e. The van der Waals surface area contributed by atoms with Gasteiger partial charge < -0.3 is 30.0 Å². The molecule has 15 heteroatoms. The Morgan fingerprint density at radius 1 is 0.513 bits per heavy atom. The number of imidazole rings is 2. The van der Waals surface area contributed by atoms with Gasteiger partial charge in [0.2, 0.25) is 0 Å². The zero-order chi connectivity index (χ0) is 52.8. The second-order valence-electron chi connectivity index (χ2n) is 20.4. The summed E-state index contributed by atoms with van der Waals surface area (Å²) in [5, 5.41) is 20.6. The number of aromatic amines is 2. The summed E-state index contributed by atoms with van der Waals surface area (Å²) in [7, 11) is 0. The molecule has 76 heavy (non-hydrogen) atoms. The molecular weight excluding hydrogens is 976 g/mol. The van der Waals surface area contributed by atoms with E-state index in [0.29, 0.717) is 63.3 Å². The monoisotopic (exact) mass is 1040 g/mol. The Labute approximate surface area is 448 Å². The second kappa shape index (κ2) is 25.9. The summed E-state index contributed by atoms with van der Waals surface area (Å²) in [6.07, 6.45) is 5.22. The van der Waals surface area contributed by atoms with Crippen LogP contribution in [-0.2, 0) is 26.1 Å². The Morgan fingerprint density at radius 3 is 1.49 bits per heavy atom. The van der Waals surface area contributed by atoms with Crippen molar-refractivity contribution in [3.8, 4) is 0 Å². The standard InChI is InChI=1S/C32H38N4O3.C29H31ClN4O3/c37-31-33-29-17-7-8-18-30(29)36(31)28-19-22-35(32(38)39)27(23-28)16-10-21-34(24-26-13-5-2-6-14-26)20-9-15-25-11-3-1-4-12-25;30-23-10-6-9-22(17-23)20-32(19-21-7-2-1-3-8-21)15-13-24-18-25(14-16-33(24)29(36)37)34-27-12-5-4-11-26(27)31-28(34)35/h1-8,11-14,17-18,27-28H,9-10,15-16,19-24H2,(H,33,37)(H,38,39);1-12,17,24-25H,13-16,18-20H2,(H,31,35)(H,36,37)/t;24-,25?/m.0/s1. The summed E-state index contributed by atoms with van der Waals surface area (Å²) in [4.78, 5) is 63.7. The highest BCUT2D eigenvalue weighted by Gasteiger charge is 2.35. The number of amides is 2. The minimum atomic E-state index is -0.904. The minimum Gasteiger partial charge on any atom is -0.465 e. The van der Waals surface area contributed by atoms with Gasteiger partial charge in [0, 0.05) is 68.5 Å². The molecule has 2 fully saturated rings. The Bertz CT molecular complexity index is 3250. The van der Waals surface area contributed by atoms with Crippen LogP contribution in [0.3, 0.4) is 0 Å². The molecule has 14 nitrogen and oxygen atoms in total. The van der Waals surface area contributed by atoms with Crippen LogP contribution < -0.4 is 11.4 Å². The average molecular weight is 1050 g/mol. The number of nitrogens with one attached hydrogen (secondary N) is 2. The third-order valence-corrected chi connectivity index (χ3v) is 15.4. The fourth-order valence-corrected chi connectivity index (χ4v) is 11.8. The van der Waals surface area contributed by atoms with E-state index in [2.05, 4.69) is 92.6 Å².